The SMILES string of the molecule is CCOc1ccc(S(=O)(=O)N[C@@H](Cc2ccccc2)C(=O)NCc2ccc(Cl)cc2)cc1. The lowest BCUT2D eigenvalue weighted by Crippen LogP contribution is -2.47. The molecule has 0 saturated heterocycles. The highest BCUT2D eigenvalue weighted by atomic mass is 35.5. The highest BCUT2D eigenvalue weighted by Gasteiger charge is 2.26. The van der Waals surface area contributed by atoms with Gasteiger partial charge >= 0.3 is 0 Å². The molecule has 3 aromatic carbocycles. The van der Waals surface area contributed by atoms with Crippen LogP contribution in [0.1, 0.15) is 18.1 Å². The average molecular weight is 473 g/mol. The van der Waals surface area contributed by atoms with Gasteiger partial charge in [-0.1, -0.05) is 54.1 Å². The van der Waals surface area contributed by atoms with Crippen LogP contribution < -0.4 is 14.8 Å². The maximum absolute atomic E-state index is 13.0. The molecule has 0 aliphatic carbocycles. The number of halogens is 1. The summed E-state index contributed by atoms with van der Waals surface area (Å²) in [7, 11) is -3.93. The minimum Gasteiger partial charge on any atom is -0.494 e. The lowest BCUT2D eigenvalue weighted by molar-refractivity contribution is -0.122. The summed E-state index contributed by atoms with van der Waals surface area (Å²) in [5.41, 5.74) is 1.70. The maximum atomic E-state index is 13.0. The van der Waals surface area contributed by atoms with E-state index < -0.39 is 22.0 Å². The van der Waals surface area contributed by atoms with E-state index in [2.05, 4.69) is 10.0 Å². The minimum absolute atomic E-state index is 0.0597. The number of amides is 1. The Morgan fingerprint density at radius 2 is 1.59 bits per heavy atom. The molecular formula is C24H25ClN2O4S. The van der Waals surface area contributed by atoms with Crippen LogP contribution in [0.4, 0.5) is 0 Å². The standard InChI is InChI=1S/C24H25ClN2O4S/c1-2-31-21-12-14-22(15-13-21)32(29,30)27-23(16-18-6-4-3-5-7-18)24(28)26-17-19-8-10-20(25)11-9-19/h3-15,23,27H,2,16-17H2,1H3,(H,26,28)/t23-/m0/s1. The highest BCUT2D eigenvalue weighted by molar-refractivity contribution is 7.89. The molecule has 8 heteroatoms. The molecule has 3 rings (SSSR count). The van der Waals surface area contributed by atoms with Crippen LogP contribution in [-0.2, 0) is 27.8 Å². The number of benzene rings is 3. The number of ether oxygens (including phenoxy) is 1. The van der Waals surface area contributed by atoms with E-state index >= 15 is 0 Å². The Morgan fingerprint density at radius 1 is 0.938 bits per heavy atom. The monoisotopic (exact) mass is 472 g/mol. The summed E-state index contributed by atoms with van der Waals surface area (Å²) in [6.07, 6.45) is 0.212. The van der Waals surface area contributed by atoms with Crippen molar-refractivity contribution < 1.29 is 17.9 Å². The minimum atomic E-state index is -3.93. The van der Waals surface area contributed by atoms with E-state index in [0.29, 0.717) is 17.4 Å². The van der Waals surface area contributed by atoms with Crippen molar-refractivity contribution in [1.82, 2.24) is 10.0 Å². The summed E-state index contributed by atoms with van der Waals surface area (Å²) in [6.45, 7) is 2.59. The molecule has 0 bridgehead atoms. The number of sulfonamides is 1. The van der Waals surface area contributed by atoms with Crippen molar-refractivity contribution in [2.45, 2.75) is 30.8 Å². The van der Waals surface area contributed by atoms with Gasteiger partial charge in [-0.3, -0.25) is 4.79 Å². The van der Waals surface area contributed by atoms with E-state index in [1.165, 1.54) is 12.1 Å². The zero-order chi connectivity index (χ0) is 23.0. The van der Waals surface area contributed by atoms with Gasteiger partial charge in [0.2, 0.25) is 15.9 Å². The fourth-order valence-corrected chi connectivity index (χ4v) is 4.41. The molecule has 0 aromatic heterocycles. The van der Waals surface area contributed by atoms with Crippen molar-refractivity contribution in [1.29, 1.82) is 0 Å². The van der Waals surface area contributed by atoms with Crippen molar-refractivity contribution >= 4 is 27.5 Å². The average Bonchev–Trinajstić information content (AvgIpc) is 2.79. The Balaban J connectivity index is 1.76. The third-order valence-corrected chi connectivity index (χ3v) is 6.46. The third kappa shape index (κ3) is 6.82. The van der Waals surface area contributed by atoms with Gasteiger partial charge in [0.1, 0.15) is 11.8 Å². The van der Waals surface area contributed by atoms with Gasteiger partial charge in [-0.05, 0) is 60.9 Å². The summed E-state index contributed by atoms with van der Waals surface area (Å²) in [5.74, 6) is 0.159. The summed E-state index contributed by atoms with van der Waals surface area (Å²) in [5, 5.41) is 3.41. The van der Waals surface area contributed by atoms with Crippen LogP contribution in [-0.4, -0.2) is 27.0 Å². The number of hydrogen-bond acceptors (Lipinski definition) is 4. The first-order valence-electron chi connectivity index (χ1n) is 10.2. The summed E-state index contributed by atoms with van der Waals surface area (Å²) >= 11 is 5.90. The second-order valence-electron chi connectivity index (χ2n) is 7.11. The molecule has 0 fully saturated rings. The molecule has 1 amide bonds. The molecule has 6 nitrogen and oxygen atoms in total. The molecular weight excluding hydrogens is 448 g/mol. The zero-order valence-corrected chi connectivity index (χ0v) is 19.2. The number of nitrogens with one attached hydrogen (secondary N) is 2. The van der Waals surface area contributed by atoms with Gasteiger partial charge in [0.15, 0.2) is 0 Å². The van der Waals surface area contributed by atoms with Crippen LogP contribution in [0, 0.1) is 0 Å². The second kappa shape index (κ2) is 11.1. The Hall–Kier alpha value is -2.87. The van der Waals surface area contributed by atoms with Gasteiger partial charge in [-0.2, -0.15) is 4.72 Å². The molecule has 0 radical (unpaired) electrons. The predicted octanol–water partition coefficient (Wildman–Crippen LogP) is 3.94. The maximum Gasteiger partial charge on any atom is 0.241 e. The van der Waals surface area contributed by atoms with E-state index in [-0.39, 0.29) is 17.9 Å². The fraction of sp³-hybridized carbons (Fsp3) is 0.208. The van der Waals surface area contributed by atoms with Crippen molar-refractivity contribution in [2.24, 2.45) is 0 Å². The van der Waals surface area contributed by atoms with Crippen LogP contribution >= 0.6 is 11.6 Å². The Kier molecular flexibility index (Phi) is 8.27. The quantitative estimate of drug-likeness (QED) is 0.468. The van der Waals surface area contributed by atoms with E-state index in [0.717, 1.165) is 11.1 Å². The van der Waals surface area contributed by atoms with E-state index in [9.17, 15) is 13.2 Å². The first-order chi connectivity index (χ1) is 15.4. The summed E-state index contributed by atoms with van der Waals surface area (Å²) in [6, 6.07) is 21.4. The van der Waals surface area contributed by atoms with Gasteiger partial charge < -0.3 is 10.1 Å². The number of rotatable bonds is 10. The Labute approximate surface area is 193 Å². The molecule has 1 atom stereocenters. The van der Waals surface area contributed by atoms with Crippen molar-refractivity contribution in [3.05, 3.63) is 95.0 Å². The fourth-order valence-electron chi connectivity index (χ4n) is 3.09. The van der Waals surface area contributed by atoms with Gasteiger partial charge in [-0.25, -0.2) is 8.42 Å². The topological polar surface area (TPSA) is 84.5 Å². The lowest BCUT2D eigenvalue weighted by Gasteiger charge is -2.19. The van der Waals surface area contributed by atoms with Crippen LogP contribution in [0.25, 0.3) is 0 Å². The van der Waals surface area contributed by atoms with Gasteiger partial charge in [0, 0.05) is 11.6 Å². The van der Waals surface area contributed by atoms with Crippen LogP contribution in [0.15, 0.2) is 83.8 Å². The third-order valence-electron chi connectivity index (χ3n) is 4.72. The van der Waals surface area contributed by atoms with Crippen LogP contribution in [0.2, 0.25) is 5.02 Å². The summed E-state index contributed by atoms with van der Waals surface area (Å²) in [4.78, 5) is 13.0. The Morgan fingerprint density at radius 3 is 2.22 bits per heavy atom. The molecule has 0 heterocycles. The number of hydrogen-bond donors (Lipinski definition) is 2. The molecule has 32 heavy (non-hydrogen) atoms. The molecule has 168 valence electrons. The predicted molar refractivity (Wildman–Crippen MR) is 125 cm³/mol. The van der Waals surface area contributed by atoms with Crippen LogP contribution in [0.3, 0.4) is 0 Å². The van der Waals surface area contributed by atoms with Crippen molar-refractivity contribution in [3.63, 3.8) is 0 Å². The smallest absolute Gasteiger partial charge is 0.241 e. The Bertz CT molecular complexity index is 1120. The first-order valence-corrected chi connectivity index (χ1v) is 12.0. The molecule has 0 aliphatic rings. The number of carbonyl (C=O) groups excluding carboxylic acids is 1. The second-order valence-corrected chi connectivity index (χ2v) is 9.26. The van der Waals surface area contributed by atoms with Crippen molar-refractivity contribution in [3.8, 4) is 5.75 Å². The number of carbonyl (C=O) groups is 1. The van der Waals surface area contributed by atoms with Gasteiger partial charge in [-0.15, -0.1) is 0 Å². The van der Waals surface area contributed by atoms with E-state index in [4.69, 9.17) is 16.3 Å². The zero-order valence-electron chi connectivity index (χ0n) is 17.6. The van der Waals surface area contributed by atoms with Gasteiger partial charge in [0.05, 0.1) is 11.5 Å². The van der Waals surface area contributed by atoms with Crippen molar-refractivity contribution in [2.75, 3.05) is 6.61 Å². The van der Waals surface area contributed by atoms with Gasteiger partial charge in [0.25, 0.3) is 0 Å². The molecule has 2 N–H and O–H groups in total. The highest BCUT2D eigenvalue weighted by Crippen LogP contribution is 2.17. The molecule has 3 aromatic rings. The van der Waals surface area contributed by atoms with Crippen LogP contribution in [0.5, 0.6) is 5.75 Å². The van der Waals surface area contributed by atoms with E-state index in [1.54, 1.807) is 36.4 Å². The lowest BCUT2D eigenvalue weighted by atomic mass is 10.1. The van der Waals surface area contributed by atoms with E-state index in [1.807, 2.05) is 37.3 Å². The molecule has 0 unspecified atom stereocenters. The molecule has 0 aliphatic heterocycles. The molecule has 0 spiro atoms. The normalized spacial score (nSPS) is 12.2. The molecule has 0 saturated carbocycles. The summed E-state index contributed by atoms with van der Waals surface area (Å²) < 4.78 is 33.9. The largest absolute Gasteiger partial charge is 0.494 e. The first kappa shape index (κ1) is 23.8.